The number of phenols is 1. The number of aliphatic carboxylic acids is 1. The number of phenolic OH excluding ortho intramolecular Hbond substituents is 1. The van der Waals surface area contributed by atoms with Crippen LogP contribution in [-0.2, 0) is 4.79 Å². The first-order valence-corrected chi connectivity index (χ1v) is 4.34. The van der Waals surface area contributed by atoms with Crippen LogP contribution in [-0.4, -0.2) is 27.1 Å². The summed E-state index contributed by atoms with van der Waals surface area (Å²) in [5.41, 5.74) is 5.36. The number of nitrogens with two attached hydrogens (primary N) is 1. The highest BCUT2D eigenvalue weighted by atomic mass is 16.6. The molecule has 1 unspecified atom stereocenters. The van der Waals surface area contributed by atoms with Gasteiger partial charge in [-0.05, 0) is 24.3 Å². The van der Waals surface area contributed by atoms with Gasteiger partial charge >= 0.3 is 5.97 Å². The van der Waals surface area contributed by atoms with Crippen molar-refractivity contribution in [3.63, 3.8) is 0 Å². The van der Waals surface area contributed by atoms with Crippen LogP contribution >= 0.6 is 0 Å². The van der Waals surface area contributed by atoms with Gasteiger partial charge in [0, 0.05) is 10.5 Å². The Hall–Kier alpha value is -2.15. The van der Waals surface area contributed by atoms with E-state index in [1.54, 1.807) is 0 Å². The third-order valence-corrected chi connectivity index (χ3v) is 2.09. The number of benzene rings is 1. The summed E-state index contributed by atoms with van der Waals surface area (Å²) < 4.78 is 0. The van der Waals surface area contributed by atoms with E-state index in [4.69, 9.17) is 15.9 Å². The molecule has 0 aliphatic carbocycles. The first kappa shape index (κ1) is 11.9. The largest absolute Gasteiger partial charge is 0.508 e. The molecule has 86 valence electrons. The zero-order valence-corrected chi connectivity index (χ0v) is 8.11. The molecule has 0 aliphatic heterocycles. The molecule has 0 aliphatic rings. The number of carboxylic acid groups (broad SMARTS) is 1. The zero-order valence-electron chi connectivity index (χ0n) is 8.11. The van der Waals surface area contributed by atoms with Crippen molar-refractivity contribution in [1.82, 2.24) is 0 Å². The number of carbonyl (C=O) groups is 1. The monoisotopic (exact) mass is 226 g/mol. The molecular weight excluding hydrogens is 216 g/mol. The fourth-order valence-corrected chi connectivity index (χ4v) is 1.27. The number of nitro groups is 1. The second kappa shape index (κ2) is 4.58. The predicted molar refractivity (Wildman–Crippen MR) is 53.5 cm³/mol. The average Bonchev–Trinajstić information content (AvgIpc) is 2.20. The van der Waals surface area contributed by atoms with Gasteiger partial charge in [0.25, 0.3) is 6.04 Å². The standard InChI is InChI=1S/C9H10N2O5/c10-7(9(13)14)8(11(15)16)5-1-3-6(12)4-2-5/h1-4,7-8,12H,10H2,(H,13,14)/t7-,8?/m0/s1. The lowest BCUT2D eigenvalue weighted by Crippen LogP contribution is -2.40. The molecule has 1 aromatic rings. The van der Waals surface area contributed by atoms with E-state index in [-0.39, 0.29) is 11.3 Å². The Morgan fingerprint density at radius 2 is 1.88 bits per heavy atom. The van der Waals surface area contributed by atoms with Crippen LogP contribution in [0.2, 0.25) is 0 Å². The molecule has 0 saturated carbocycles. The Bertz CT molecular complexity index is 403. The Balaban J connectivity index is 3.07. The van der Waals surface area contributed by atoms with Crippen LogP contribution in [0.15, 0.2) is 24.3 Å². The molecule has 16 heavy (non-hydrogen) atoms. The molecule has 7 nitrogen and oxygen atoms in total. The van der Waals surface area contributed by atoms with Crippen LogP contribution in [0.5, 0.6) is 5.75 Å². The molecule has 0 spiro atoms. The van der Waals surface area contributed by atoms with E-state index in [1.165, 1.54) is 24.3 Å². The highest BCUT2D eigenvalue weighted by Gasteiger charge is 2.35. The molecular formula is C9H10N2O5. The maximum absolute atomic E-state index is 10.7. The molecule has 0 bridgehead atoms. The van der Waals surface area contributed by atoms with Crippen molar-refractivity contribution < 1.29 is 19.9 Å². The van der Waals surface area contributed by atoms with Gasteiger partial charge in [-0.15, -0.1) is 0 Å². The fraction of sp³-hybridized carbons (Fsp3) is 0.222. The highest BCUT2D eigenvalue weighted by molar-refractivity contribution is 5.74. The summed E-state index contributed by atoms with van der Waals surface area (Å²) in [6.45, 7) is 0. The number of nitrogens with zero attached hydrogens (tertiary/aromatic N) is 1. The Morgan fingerprint density at radius 1 is 1.38 bits per heavy atom. The van der Waals surface area contributed by atoms with E-state index in [2.05, 4.69) is 0 Å². The minimum absolute atomic E-state index is 0.0604. The van der Waals surface area contributed by atoms with E-state index in [9.17, 15) is 14.9 Å². The summed E-state index contributed by atoms with van der Waals surface area (Å²) in [5.74, 6) is -1.51. The second-order valence-corrected chi connectivity index (χ2v) is 3.19. The van der Waals surface area contributed by atoms with E-state index in [1.807, 2.05) is 0 Å². The van der Waals surface area contributed by atoms with Gasteiger partial charge in [-0.2, -0.15) is 0 Å². The van der Waals surface area contributed by atoms with Gasteiger partial charge in [0.15, 0.2) is 6.04 Å². The summed E-state index contributed by atoms with van der Waals surface area (Å²) in [5, 5.41) is 28.4. The average molecular weight is 226 g/mol. The Labute approximate surface area is 90.3 Å². The zero-order chi connectivity index (χ0) is 12.3. The SMILES string of the molecule is N[C@H](C(=O)O)C(c1ccc(O)cc1)[N+](=O)[O-]. The van der Waals surface area contributed by atoms with E-state index in [0.29, 0.717) is 0 Å². The summed E-state index contributed by atoms with van der Waals surface area (Å²) in [7, 11) is 0. The quantitative estimate of drug-likeness (QED) is 0.494. The number of hydrogen-bond donors (Lipinski definition) is 3. The van der Waals surface area contributed by atoms with Crippen molar-refractivity contribution in [2.45, 2.75) is 12.1 Å². The number of aromatic hydroxyl groups is 1. The Morgan fingerprint density at radius 3 is 2.25 bits per heavy atom. The van der Waals surface area contributed by atoms with Crippen LogP contribution in [0.4, 0.5) is 0 Å². The van der Waals surface area contributed by atoms with Crippen molar-refractivity contribution in [3.05, 3.63) is 39.9 Å². The molecule has 0 heterocycles. The first-order valence-electron chi connectivity index (χ1n) is 4.34. The van der Waals surface area contributed by atoms with Gasteiger partial charge in [0.1, 0.15) is 5.75 Å². The van der Waals surface area contributed by atoms with Gasteiger partial charge < -0.3 is 15.9 Å². The topological polar surface area (TPSA) is 127 Å². The van der Waals surface area contributed by atoms with Crippen LogP contribution in [0.25, 0.3) is 0 Å². The number of rotatable bonds is 4. The van der Waals surface area contributed by atoms with Crippen LogP contribution < -0.4 is 5.73 Å². The summed E-state index contributed by atoms with van der Waals surface area (Å²) in [6.07, 6.45) is 0. The third-order valence-electron chi connectivity index (χ3n) is 2.09. The maximum atomic E-state index is 10.7. The highest BCUT2D eigenvalue weighted by Crippen LogP contribution is 2.21. The van der Waals surface area contributed by atoms with Crippen molar-refractivity contribution in [2.24, 2.45) is 5.73 Å². The van der Waals surface area contributed by atoms with Gasteiger partial charge in [0.05, 0.1) is 0 Å². The maximum Gasteiger partial charge on any atom is 0.328 e. The van der Waals surface area contributed by atoms with E-state index >= 15 is 0 Å². The normalized spacial score (nSPS) is 14.1. The first-order chi connectivity index (χ1) is 7.43. The molecule has 7 heteroatoms. The molecule has 0 amide bonds. The van der Waals surface area contributed by atoms with Crippen LogP contribution in [0, 0.1) is 10.1 Å². The van der Waals surface area contributed by atoms with E-state index < -0.39 is 23.0 Å². The summed E-state index contributed by atoms with van der Waals surface area (Å²) in [4.78, 5) is 20.6. The molecule has 1 aromatic carbocycles. The third kappa shape index (κ3) is 2.45. The predicted octanol–water partition coefficient (Wildman–Crippen LogP) is 0.122. The summed E-state index contributed by atoms with van der Waals surface area (Å²) >= 11 is 0. The van der Waals surface area contributed by atoms with Gasteiger partial charge in [-0.25, -0.2) is 0 Å². The fourth-order valence-electron chi connectivity index (χ4n) is 1.27. The smallest absolute Gasteiger partial charge is 0.328 e. The lowest BCUT2D eigenvalue weighted by molar-refractivity contribution is -0.530. The lowest BCUT2D eigenvalue weighted by Gasteiger charge is -2.13. The van der Waals surface area contributed by atoms with Gasteiger partial charge in [-0.3, -0.25) is 14.9 Å². The minimum Gasteiger partial charge on any atom is -0.508 e. The molecule has 1 rings (SSSR count). The van der Waals surface area contributed by atoms with Crippen LogP contribution in [0.3, 0.4) is 0 Å². The van der Waals surface area contributed by atoms with Gasteiger partial charge in [0.2, 0.25) is 0 Å². The molecule has 0 fully saturated rings. The summed E-state index contributed by atoms with van der Waals surface area (Å²) in [6, 6.07) is 1.86. The number of hydrogen-bond acceptors (Lipinski definition) is 5. The van der Waals surface area contributed by atoms with Crippen molar-refractivity contribution in [3.8, 4) is 5.75 Å². The molecule has 4 N–H and O–H groups in total. The van der Waals surface area contributed by atoms with Crippen molar-refractivity contribution in [2.75, 3.05) is 0 Å². The van der Waals surface area contributed by atoms with E-state index in [0.717, 1.165) is 0 Å². The van der Waals surface area contributed by atoms with Crippen molar-refractivity contribution in [1.29, 1.82) is 0 Å². The van der Waals surface area contributed by atoms with Crippen LogP contribution in [0.1, 0.15) is 11.6 Å². The molecule has 2 atom stereocenters. The number of carboxylic acids is 1. The van der Waals surface area contributed by atoms with Crippen molar-refractivity contribution >= 4 is 5.97 Å². The van der Waals surface area contributed by atoms with Gasteiger partial charge in [-0.1, -0.05) is 0 Å². The minimum atomic E-state index is -1.63. The Kier molecular flexibility index (Phi) is 3.41. The lowest BCUT2D eigenvalue weighted by atomic mass is 10.0. The molecule has 0 saturated heterocycles. The second-order valence-electron chi connectivity index (χ2n) is 3.19. The molecule has 0 radical (unpaired) electrons. The molecule has 0 aromatic heterocycles.